The smallest absolute Gasteiger partial charge is 0.479 e. The number of ether oxygens (including phenoxy) is 5. The fourth-order valence-corrected chi connectivity index (χ4v) is 18.7. The molecule has 6 heterocycles. The molecule has 0 aliphatic rings. The van der Waals surface area contributed by atoms with Crippen LogP contribution in [0.2, 0.25) is 15.1 Å². The molecule has 0 unspecified atom stereocenters. The van der Waals surface area contributed by atoms with Crippen LogP contribution < -0.4 is 5.46 Å². The number of nitrogens with zero attached hydrogens (tertiary/aromatic N) is 9. The number of carbonyl (C=O) groups excluding carboxylic acids is 2. The van der Waals surface area contributed by atoms with Crippen LogP contribution in [0, 0.1) is 41.5 Å². The number of benzene rings is 9. The highest BCUT2D eigenvalue weighted by molar-refractivity contribution is 9.11. The Kier molecular flexibility index (Phi) is 27.0. The lowest BCUT2D eigenvalue weighted by atomic mass is 9.80. The molecule has 3 N–H and O–H groups in total. The number of carboxylic acid groups (broad SMARTS) is 1. The zero-order chi connectivity index (χ0) is 86.3. The Labute approximate surface area is 727 Å². The first-order chi connectivity index (χ1) is 56.1. The Hall–Kier alpha value is -9.32. The second-order valence-electron chi connectivity index (χ2n) is 31.9. The summed E-state index contributed by atoms with van der Waals surface area (Å²) in [5.74, 6) is -1.84. The van der Waals surface area contributed by atoms with Gasteiger partial charge in [0.05, 0.1) is 94.3 Å². The molecule has 0 aliphatic heterocycles. The maximum Gasteiger partial charge on any atom is 0.488 e. The van der Waals surface area contributed by atoms with Gasteiger partial charge >= 0.3 is 25.0 Å². The molecule has 0 saturated heterocycles. The minimum atomic E-state index is -1.42. The van der Waals surface area contributed by atoms with Crippen molar-refractivity contribution < 1.29 is 53.2 Å². The number of aliphatic carboxylic acids is 1. The van der Waals surface area contributed by atoms with E-state index in [1.807, 2.05) is 231 Å². The Morgan fingerprint density at radius 2 is 0.739 bits per heavy atom. The average molecular weight is 1780 g/mol. The first kappa shape index (κ1) is 89.0. The maximum absolute atomic E-state index is 13.3. The zero-order valence-corrected chi connectivity index (χ0v) is 76.3. The number of esters is 2. The van der Waals surface area contributed by atoms with E-state index in [4.69, 9.17) is 78.5 Å². The van der Waals surface area contributed by atoms with E-state index in [0.29, 0.717) is 26.1 Å². The number of halogens is 4. The number of rotatable bonds is 17. The van der Waals surface area contributed by atoms with Gasteiger partial charge in [0.15, 0.2) is 22.2 Å². The van der Waals surface area contributed by atoms with Gasteiger partial charge in [0, 0.05) is 96.9 Å². The summed E-state index contributed by atoms with van der Waals surface area (Å²) in [5, 5.41) is 48.5. The fraction of sp³-hybridized carbons (Fsp3) is 0.308. The molecule has 0 fully saturated rings. The number of carboxylic acids is 1. The Morgan fingerprint density at radius 1 is 0.437 bits per heavy atom. The molecule has 0 radical (unpaired) electrons. The molecule has 15 rings (SSSR count). The molecule has 0 spiro atoms. The first-order valence-corrected chi connectivity index (χ1v) is 43.0. The first-order valence-electron chi connectivity index (χ1n) is 38.6. The summed E-state index contributed by atoms with van der Waals surface area (Å²) in [6.45, 7) is 33.2. The minimum Gasteiger partial charge on any atom is -0.479 e. The van der Waals surface area contributed by atoms with Crippen molar-refractivity contribution in [1.29, 1.82) is 0 Å². The highest BCUT2D eigenvalue weighted by Gasteiger charge is 2.37. The van der Waals surface area contributed by atoms with Gasteiger partial charge in [-0.3, -0.25) is 14.0 Å². The van der Waals surface area contributed by atoms with E-state index < -0.39 is 60.1 Å². The predicted molar refractivity (Wildman–Crippen MR) is 488 cm³/mol. The number of hydrogen-bond acceptors (Lipinski definition) is 19. The molecule has 9 aromatic carbocycles. The summed E-state index contributed by atoms with van der Waals surface area (Å²) in [5.41, 5.74) is 19.4. The number of aryl methyl sites for hydroxylation is 9. The summed E-state index contributed by atoms with van der Waals surface area (Å²) in [7, 11) is 4.31. The highest BCUT2D eigenvalue weighted by atomic mass is 79.9. The van der Waals surface area contributed by atoms with E-state index in [9.17, 15) is 19.5 Å². The number of hydrogen-bond donors (Lipinski definition) is 3. The van der Waals surface area contributed by atoms with Crippen molar-refractivity contribution in [2.45, 2.75) is 153 Å². The van der Waals surface area contributed by atoms with E-state index in [1.165, 1.54) is 11.3 Å². The van der Waals surface area contributed by atoms with Crippen molar-refractivity contribution in [3.63, 3.8) is 0 Å². The van der Waals surface area contributed by atoms with Crippen molar-refractivity contribution in [3.05, 3.63) is 215 Å². The standard InChI is InChI=1S/C31H32ClN3O3S.C29H28ClN3O3S.C22H23BrClNO3S.C9H11BN2O2/c1-8-37-30(36)27(38-31(4,5)6)25-17(2)15-23-28(26(25)19-9-12-21(32)13-10-19)39-29(33-23)20-11-14-22-18(3)34-35(7)24(22)16-20;1-15-13-21-26(37-27(31-21)18-9-12-20-16(2)32-33(6)22(20)14-18)24(17-7-10-19(30)11-8-17)23(15)25(28(34)35)36-29(3,4)5;1-6-27-20(26)18(28-22(3,4)5)16-12(2)11-15-19(29-21(23)25-15)17(16)13-7-9-14(24)10-8-13;1-6-8-4-3-7(10(13)14)5-9(8)12(2)11-6/h9-16,27H,8H2,1-7H3;7-14,25H,1-6H3,(H,34,35);7-11,18H,6H2,1-5H3;3-5,13-14H,1-2H3/t27-;25-;18-;/m000./s1. The Morgan fingerprint density at radius 3 is 1.07 bits per heavy atom. The van der Waals surface area contributed by atoms with Crippen molar-refractivity contribution in [3.8, 4) is 54.5 Å². The summed E-state index contributed by atoms with van der Waals surface area (Å²) in [6, 6.07) is 46.6. The molecule has 0 aliphatic carbocycles. The van der Waals surface area contributed by atoms with Gasteiger partial charge in [0.1, 0.15) is 10.0 Å². The van der Waals surface area contributed by atoms with E-state index in [0.717, 1.165) is 167 Å². The van der Waals surface area contributed by atoms with Crippen molar-refractivity contribution >= 4 is 179 Å². The lowest BCUT2D eigenvalue weighted by Crippen LogP contribution is -2.29. The van der Waals surface area contributed by atoms with Crippen LogP contribution in [0.4, 0.5) is 0 Å². The molecular weight excluding hydrogens is 1690 g/mol. The van der Waals surface area contributed by atoms with E-state index in [1.54, 1.807) is 53.3 Å². The molecular formula is C91H94BBrCl3N9O11S3. The third-order valence-corrected chi connectivity index (χ3v) is 24.1. The number of fused-ring (bicyclic) bond motifs is 6. The van der Waals surface area contributed by atoms with Crippen LogP contribution in [-0.2, 0) is 59.2 Å². The van der Waals surface area contributed by atoms with Gasteiger partial charge < -0.3 is 38.8 Å². The summed E-state index contributed by atoms with van der Waals surface area (Å²) in [4.78, 5) is 53.5. The third kappa shape index (κ3) is 20.0. The average Bonchev–Trinajstić information content (AvgIpc) is 1.68. The van der Waals surface area contributed by atoms with Crippen molar-refractivity contribution in [2.24, 2.45) is 21.1 Å². The van der Waals surface area contributed by atoms with Crippen LogP contribution in [0.25, 0.3) is 118 Å². The van der Waals surface area contributed by atoms with Gasteiger partial charge in [-0.25, -0.2) is 29.3 Å². The summed E-state index contributed by atoms with van der Waals surface area (Å²) >= 11 is 26.7. The molecule has 28 heteroatoms. The minimum absolute atomic E-state index is 0.265. The molecule has 15 aromatic rings. The van der Waals surface area contributed by atoms with Crippen LogP contribution in [0.1, 0.15) is 145 Å². The normalized spacial score (nSPS) is 12.7. The van der Waals surface area contributed by atoms with Crippen molar-refractivity contribution in [2.75, 3.05) is 13.2 Å². The van der Waals surface area contributed by atoms with Crippen LogP contribution in [0.15, 0.2) is 150 Å². The van der Waals surface area contributed by atoms with E-state index in [-0.39, 0.29) is 13.2 Å². The topological polar surface area (TPSA) is 250 Å². The zero-order valence-electron chi connectivity index (χ0n) is 69.9. The van der Waals surface area contributed by atoms with Gasteiger partial charge in [-0.05, 0) is 245 Å². The molecule has 119 heavy (non-hydrogen) atoms. The number of carbonyl (C=O) groups is 3. The number of aromatic nitrogens is 9. The number of thiazole rings is 3. The summed E-state index contributed by atoms with van der Waals surface area (Å²) in [6.07, 6.45) is -2.90. The molecule has 618 valence electrons. The van der Waals surface area contributed by atoms with Crippen LogP contribution >= 0.6 is 84.7 Å². The predicted octanol–water partition coefficient (Wildman–Crippen LogP) is 22.6. The SMILES string of the molecule is CCOC(=O)[C@@H](OC(C)(C)C)c1c(C)cc2nc(-c3ccc4c(C)nn(C)c4c3)sc2c1-c1ccc(Cl)cc1.CCOC(=O)[C@@H](OC(C)(C)C)c1c(C)cc2nc(Br)sc2c1-c1ccc(Cl)cc1.Cc1cc2nc(-c3ccc4c(C)nn(C)c4c3)sc2c(-c2ccc(Cl)cc2)c1[C@H](OC(C)(C)C)C(=O)O.Cc1nn(C)c2cc(B(O)O)ccc12. The maximum atomic E-state index is 13.3. The van der Waals surface area contributed by atoms with Crippen molar-refractivity contribution in [1.82, 2.24) is 44.3 Å². The molecule has 0 amide bonds. The van der Waals surface area contributed by atoms with E-state index >= 15 is 0 Å². The van der Waals surface area contributed by atoms with Gasteiger partial charge in [-0.2, -0.15) is 15.3 Å². The monoisotopic (exact) mass is 1780 g/mol. The quantitative estimate of drug-likeness (QED) is 0.0566. The van der Waals surface area contributed by atoms with E-state index in [2.05, 4.69) is 72.6 Å². The largest absolute Gasteiger partial charge is 0.488 e. The lowest BCUT2D eigenvalue weighted by molar-refractivity contribution is -0.167. The van der Waals surface area contributed by atoms with Crippen LogP contribution in [-0.4, -0.2) is 114 Å². The van der Waals surface area contributed by atoms with Crippen LogP contribution in [0.5, 0.6) is 0 Å². The molecule has 6 aromatic heterocycles. The molecule has 3 atom stereocenters. The van der Waals surface area contributed by atoms with Gasteiger partial charge in [-0.1, -0.05) is 108 Å². The third-order valence-electron chi connectivity index (χ3n) is 19.5. The Balaban J connectivity index is 0.000000152. The molecule has 0 saturated carbocycles. The fourth-order valence-electron chi connectivity index (χ4n) is 14.5. The van der Waals surface area contributed by atoms with Gasteiger partial charge in [-0.15, -0.1) is 34.0 Å². The Bertz CT molecular complexity index is 6340. The second-order valence-corrected chi connectivity index (χ2v) is 37.5. The van der Waals surface area contributed by atoms with Gasteiger partial charge in [0.25, 0.3) is 0 Å². The van der Waals surface area contributed by atoms with Crippen LogP contribution in [0.3, 0.4) is 0 Å². The lowest BCUT2D eigenvalue weighted by Gasteiger charge is -2.29. The second kappa shape index (κ2) is 36.2. The molecule has 0 bridgehead atoms. The highest BCUT2D eigenvalue weighted by Crippen LogP contribution is 2.49. The molecule has 20 nitrogen and oxygen atoms in total. The van der Waals surface area contributed by atoms with Gasteiger partial charge in [0.2, 0.25) is 0 Å². The summed E-state index contributed by atoms with van der Waals surface area (Å²) < 4.78 is 38.8.